The second kappa shape index (κ2) is 45.6. The quantitative estimate of drug-likeness (QED) is 0.0458. The van der Waals surface area contributed by atoms with Gasteiger partial charge >= 0.3 is 42.7 Å². The van der Waals surface area contributed by atoms with Crippen LogP contribution in [0.1, 0.15) is 97.3 Å². The van der Waals surface area contributed by atoms with Gasteiger partial charge in [-0.05, 0) is 132 Å². The second-order valence-electron chi connectivity index (χ2n) is 24.3. The highest BCUT2D eigenvalue weighted by atomic mass is 35.5. The lowest BCUT2D eigenvalue weighted by atomic mass is 9.88. The third-order valence-electron chi connectivity index (χ3n) is 14.9. The molecule has 0 unspecified atom stereocenters. The van der Waals surface area contributed by atoms with E-state index in [0.717, 1.165) is 82.0 Å². The van der Waals surface area contributed by atoms with E-state index in [9.17, 15) is 83.4 Å². The van der Waals surface area contributed by atoms with E-state index in [1.807, 2.05) is 117 Å². The molecule has 0 amide bonds. The molecule has 3 aromatic carbocycles. The Morgan fingerprint density at radius 3 is 1.01 bits per heavy atom. The fourth-order valence-corrected chi connectivity index (χ4v) is 8.98. The molecule has 0 saturated heterocycles. The molecular weight excluding hydrogens is 1560 g/mol. The number of aliphatic hydroxyl groups is 1. The van der Waals surface area contributed by atoms with Gasteiger partial charge in [0.2, 0.25) is 5.13 Å². The zero-order valence-corrected chi connectivity index (χ0v) is 65.6. The van der Waals surface area contributed by atoms with E-state index in [1.165, 1.54) is 55.5 Å². The van der Waals surface area contributed by atoms with Gasteiger partial charge in [-0.3, -0.25) is 0 Å². The van der Waals surface area contributed by atoms with E-state index in [1.54, 1.807) is 23.6 Å². The van der Waals surface area contributed by atoms with Crippen molar-refractivity contribution in [3.8, 4) is 0 Å². The predicted octanol–water partition coefficient (Wildman–Crippen LogP) is 21.4. The van der Waals surface area contributed by atoms with Gasteiger partial charge in [-0.15, -0.1) is 10.2 Å². The van der Waals surface area contributed by atoms with E-state index >= 15 is 0 Å². The number of benzene rings is 3. The summed E-state index contributed by atoms with van der Waals surface area (Å²) in [5.41, 5.74) is -7.59. The maximum Gasteiger partial charge on any atom is 0.435 e. The van der Waals surface area contributed by atoms with Crippen LogP contribution < -0.4 is 47.9 Å². The number of rotatable bonds is 14. The van der Waals surface area contributed by atoms with Crippen molar-refractivity contribution in [3.05, 3.63) is 213 Å². The van der Waals surface area contributed by atoms with Gasteiger partial charge in [0.15, 0.2) is 5.92 Å². The lowest BCUT2D eigenvalue weighted by Gasteiger charge is -2.32. The molecule has 9 aromatic rings. The monoisotopic (exact) mass is 1650 g/mol. The molecule has 0 aliphatic rings. The average Bonchev–Trinajstić information content (AvgIpc) is 0.859. The molecule has 0 aliphatic heterocycles. The number of hydrogen-bond donors (Lipinski definition) is 10. The molecule has 0 fully saturated rings. The number of aryl methyl sites for hydroxylation is 3. The number of nitrogens with one attached hydrogen (secondary N) is 9. The zero-order valence-electron chi connectivity index (χ0n) is 64.0. The summed E-state index contributed by atoms with van der Waals surface area (Å²) in [6, 6.07) is 29.8. The van der Waals surface area contributed by atoms with Gasteiger partial charge in [-0.1, -0.05) is 125 Å². The van der Waals surface area contributed by atoms with E-state index in [0.29, 0.717) is 46.6 Å². The largest absolute Gasteiger partial charge is 0.435 e. The van der Waals surface area contributed by atoms with Gasteiger partial charge in [-0.2, -0.15) is 79.0 Å². The molecule has 0 radical (unpaired) electrons. The van der Waals surface area contributed by atoms with E-state index in [-0.39, 0.29) is 11.1 Å². The van der Waals surface area contributed by atoms with Gasteiger partial charge in [0, 0.05) is 123 Å². The summed E-state index contributed by atoms with van der Waals surface area (Å²) >= 11 is 7.13. The van der Waals surface area contributed by atoms with Crippen LogP contribution in [0.4, 0.5) is 135 Å². The summed E-state index contributed by atoms with van der Waals surface area (Å²) < 4.78 is 237. The molecule has 0 spiro atoms. The summed E-state index contributed by atoms with van der Waals surface area (Å²) in [6.45, 7) is 16.9. The summed E-state index contributed by atoms with van der Waals surface area (Å²) in [4.78, 5) is 20.7. The Balaban J connectivity index is 0.000000639. The van der Waals surface area contributed by atoms with Crippen LogP contribution in [0, 0.1) is 13.8 Å². The maximum atomic E-state index is 13.5. The van der Waals surface area contributed by atoms with Gasteiger partial charge in [0.05, 0.1) is 5.02 Å². The number of hydrogen-bond acceptors (Lipinski definition) is 18. The van der Waals surface area contributed by atoms with Crippen LogP contribution in [0.25, 0.3) is 0 Å². The van der Waals surface area contributed by atoms with Crippen LogP contribution in [0.3, 0.4) is 0 Å². The Morgan fingerprint density at radius 1 is 0.384 bits per heavy atom. The molecule has 17 nitrogen and oxygen atoms in total. The lowest BCUT2D eigenvalue weighted by molar-refractivity contribution is -0.376. The molecule has 0 aliphatic carbocycles. The SMILES string of the molecule is CCc1ccc(NC)nc1.CNc1ccc(C(C(F)(F)F)C(F)(F)F)cc1.CNc1ccc(C(C)(C)C)cn1.CNc1ccc(C(C)C)cn1.CNc1ccc(C(F)(C(F)(F)F)C(F)(F)F)cc1.CNc1ccc(C(O)(C(F)(F)F)C(F)(F)F)cc1.CNc1ccc(C)cn1.CNc1ccc(Cl)cn1.CNc1nnc(C)s1. The second-order valence-corrected chi connectivity index (χ2v) is 25.9. The Morgan fingerprint density at radius 2 is 0.741 bits per heavy atom. The molecule has 620 valence electrons. The average molecular weight is 1650 g/mol. The molecule has 6 heterocycles. The van der Waals surface area contributed by atoms with Gasteiger partial charge < -0.3 is 53.0 Å². The van der Waals surface area contributed by atoms with Gasteiger partial charge in [0.25, 0.3) is 5.60 Å². The van der Waals surface area contributed by atoms with Crippen LogP contribution in [0.5, 0.6) is 0 Å². The highest BCUT2D eigenvalue weighted by molar-refractivity contribution is 7.15. The minimum atomic E-state index is -6.08. The molecule has 9 rings (SSSR count). The number of alkyl halides is 19. The first-order valence-corrected chi connectivity index (χ1v) is 34.5. The summed E-state index contributed by atoms with van der Waals surface area (Å²) in [5.74, 6) is 1.64. The molecule has 112 heavy (non-hydrogen) atoms. The third kappa shape index (κ3) is 32.8. The summed E-state index contributed by atoms with van der Waals surface area (Å²) in [7, 11) is 15.5. The van der Waals surface area contributed by atoms with Crippen molar-refractivity contribution < 1.29 is 88.5 Å². The Hall–Kier alpha value is -9.91. The van der Waals surface area contributed by atoms with Crippen molar-refractivity contribution in [3.63, 3.8) is 0 Å². The first kappa shape index (κ1) is 100. The minimum absolute atomic E-state index is 0.194. The van der Waals surface area contributed by atoms with E-state index in [2.05, 4.69) is 143 Å². The van der Waals surface area contributed by atoms with E-state index < -0.39 is 70.9 Å². The molecule has 0 saturated carbocycles. The summed E-state index contributed by atoms with van der Waals surface area (Å²) in [5, 5.41) is 44.5. The Kier molecular flexibility index (Phi) is 40.7. The van der Waals surface area contributed by atoms with Crippen LogP contribution in [0.2, 0.25) is 5.02 Å². The number of aromatic nitrogens is 7. The summed E-state index contributed by atoms with van der Waals surface area (Å²) in [6.07, 6.45) is -24.3. The normalized spacial score (nSPS) is 11.5. The molecule has 10 N–H and O–H groups in total. The fraction of sp³-hybridized carbons (Fsp3) is 0.392. The molecule has 38 heteroatoms. The first-order valence-electron chi connectivity index (χ1n) is 33.3. The lowest BCUT2D eigenvalue weighted by Crippen LogP contribution is -2.53. The number of nitrogens with zero attached hydrogens (tertiary/aromatic N) is 7. The highest BCUT2D eigenvalue weighted by Crippen LogP contribution is 2.54. The van der Waals surface area contributed by atoms with Crippen molar-refractivity contribution >= 4 is 74.2 Å². The van der Waals surface area contributed by atoms with Crippen LogP contribution in [0.15, 0.2) is 164 Å². The van der Waals surface area contributed by atoms with Crippen molar-refractivity contribution in [1.29, 1.82) is 0 Å². The molecule has 6 aromatic heterocycles. The Bertz CT molecular complexity index is 3840. The van der Waals surface area contributed by atoms with Crippen molar-refractivity contribution in [2.24, 2.45) is 0 Å². The fourth-order valence-electron chi connectivity index (χ4n) is 8.33. The number of halogens is 20. The predicted molar refractivity (Wildman–Crippen MR) is 409 cm³/mol. The van der Waals surface area contributed by atoms with Gasteiger partial charge in [-0.25, -0.2) is 29.3 Å². The van der Waals surface area contributed by atoms with E-state index in [4.69, 9.17) is 16.7 Å². The van der Waals surface area contributed by atoms with Crippen LogP contribution in [-0.2, 0) is 23.1 Å². The van der Waals surface area contributed by atoms with Crippen molar-refractivity contribution in [1.82, 2.24) is 35.1 Å². The Labute approximate surface area is 647 Å². The molecular formula is C74H92ClF19N16OS. The van der Waals surface area contributed by atoms with Gasteiger partial charge in [0.1, 0.15) is 34.1 Å². The van der Waals surface area contributed by atoms with Crippen molar-refractivity contribution in [2.45, 2.75) is 127 Å². The van der Waals surface area contributed by atoms with Crippen LogP contribution in [-0.4, -0.2) is 141 Å². The first-order chi connectivity index (χ1) is 51.8. The molecule has 0 bridgehead atoms. The van der Waals surface area contributed by atoms with Crippen molar-refractivity contribution in [2.75, 3.05) is 111 Å². The smallest absolute Gasteiger partial charge is 0.388 e. The molecule has 0 atom stereocenters. The number of anilines is 9. The topological polar surface area (TPSA) is 219 Å². The standard InChI is InChI=1S/C10H8F7N.C10H9F6NO.C10H9F6N.C10H16N2.C9H14N2.C8H12N2.C7H10N2.C6H7ClN2.C4H7N3S/c1-18-7-4-2-6(3-5-7)8(11,9(12,13)14)10(15,16)17;1-17-7-4-2-6(3-5-7)8(18,9(11,12)13)10(14,15)16;1-17-7-4-2-6(3-5-7)8(9(11,12)13)10(14,15)16;1-10(2,3)8-5-6-9(11-4)12-7-8;1-7(2)8-4-5-9(10-3)11-6-8;1-3-7-4-5-8(9-2)10-6-7;1-6-3-4-7(8-2)9-5-6;1-8-6-3-2-5(7)4-9-6;1-3-6-7-4(5-2)8-3/h2-5,18H,1H3;2-5,17-18H,1H3;2-5,8,17H,1H3;5-7H,1-4H3,(H,11,12);4-7H,1-3H3,(H,10,11);4-6H,3H2,1-2H3,(H,9,10);3-5H,1-2H3,(H,8,9);2-4H,1H3,(H,8,9);1-2H3,(H,5,7). The minimum Gasteiger partial charge on any atom is -0.388 e. The third-order valence-corrected chi connectivity index (χ3v) is 16.0. The maximum absolute atomic E-state index is 13.5. The number of pyridine rings is 5. The zero-order chi connectivity index (χ0) is 85.9. The highest BCUT2D eigenvalue weighted by Gasteiger charge is 2.74. The van der Waals surface area contributed by atoms with Crippen LogP contribution >= 0.6 is 22.9 Å².